The lowest BCUT2D eigenvalue weighted by Crippen LogP contribution is -2.37. The number of hydrogen-bond donors (Lipinski definition) is 2. The molecule has 0 aliphatic carbocycles. The number of amides is 1. The minimum absolute atomic E-state index is 0.0893. The second-order valence-electron chi connectivity index (χ2n) is 6.09. The van der Waals surface area contributed by atoms with Crippen molar-refractivity contribution >= 4 is 24.8 Å². The van der Waals surface area contributed by atoms with Crippen LogP contribution in [0.15, 0.2) is 60.8 Å². The number of hydrogen-bond acceptors (Lipinski definition) is 3. The summed E-state index contributed by atoms with van der Waals surface area (Å²) in [6.45, 7) is 2.14. The van der Waals surface area contributed by atoms with E-state index in [0.29, 0.717) is 12.2 Å². The third-order valence-electron chi connectivity index (χ3n) is 3.64. The smallest absolute Gasteiger partial charge is 0.220 e. The van der Waals surface area contributed by atoms with Gasteiger partial charge in [-0.1, -0.05) is 67.7 Å². The molecule has 1 N–H and O–H groups in total. The van der Waals surface area contributed by atoms with Gasteiger partial charge in [0.15, 0.2) is 0 Å². The van der Waals surface area contributed by atoms with E-state index in [9.17, 15) is 9.59 Å². The van der Waals surface area contributed by atoms with Gasteiger partial charge in [0.05, 0.1) is 6.04 Å². The van der Waals surface area contributed by atoms with Crippen molar-refractivity contribution in [1.29, 1.82) is 0 Å². The Labute approximate surface area is 170 Å². The molecule has 0 heterocycles. The number of rotatable bonds is 16. The molecular formula is C23H35NO2S. The highest BCUT2D eigenvalue weighted by Crippen LogP contribution is 2.00. The third kappa shape index (κ3) is 18.8. The summed E-state index contributed by atoms with van der Waals surface area (Å²) in [5.74, 6) is 0.248. The van der Waals surface area contributed by atoms with E-state index in [4.69, 9.17) is 0 Å². The molecule has 0 aliphatic rings. The van der Waals surface area contributed by atoms with Gasteiger partial charge in [0.2, 0.25) is 5.91 Å². The average molecular weight is 390 g/mol. The average Bonchev–Trinajstić information content (AvgIpc) is 2.68. The Hall–Kier alpha value is -1.81. The first kappa shape index (κ1) is 25.2. The SMILES string of the molecule is CC/C=C\C/C=C\C/C=C\C/C=C\C/C=C\CCCC(=O)N[C@@H](C=O)CS. The molecule has 0 saturated heterocycles. The van der Waals surface area contributed by atoms with Crippen LogP contribution in [0.4, 0.5) is 0 Å². The number of carbonyl (C=O) groups excluding carboxylic acids is 2. The summed E-state index contributed by atoms with van der Waals surface area (Å²) in [6, 6.07) is -0.477. The van der Waals surface area contributed by atoms with E-state index in [2.05, 4.69) is 85.6 Å². The number of carbonyl (C=O) groups is 2. The molecule has 0 radical (unpaired) electrons. The molecule has 0 rings (SSSR count). The van der Waals surface area contributed by atoms with Crippen molar-refractivity contribution in [2.24, 2.45) is 0 Å². The lowest BCUT2D eigenvalue weighted by molar-refractivity contribution is -0.123. The molecule has 0 unspecified atom stereocenters. The van der Waals surface area contributed by atoms with Crippen LogP contribution in [0.25, 0.3) is 0 Å². The second-order valence-corrected chi connectivity index (χ2v) is 6.46. The van der Waals surface area contributed by atoms with E-state index in [1.165, 1.54) is 0 Å². The van der Waals surface area contributed by atoms with Crippen molar-refractivity contribution in [3.05, 3.63) is 60.8 Å². The Morgan fingerprint density at radius 1 is 0.852 bits per heavy atom. The first-order valence-electron chi connectivity index (χ1n) is 9.85. The lowest BCUT2D eigenvalue weighted by Gasteiger charge is -2.08. The quantitative estimate of drug-likeness (QED) is 0.158. The normalized spacial score (nSPS) is 13.6. The molecule has 150 valence electrons. The summed E-state index contributed by atoms with van der Waals surface area (Å²) in [6.07, 6.45) is 29.5. The van der Waals surface area contributed by atoms with Crippen LogP contribution in [-0.2, 0) is 9.59 Å². The van der Waals surface area contributed by atoms with Crippen molar-refractivity contribution in [2.45, 2.75) is 64.3 Å². The predicted molar refractivity (Wildman–Crippen MR) is 120 cm³/mol. The van der Waals surface area contributed by atoms with Gasteiger partial charge in [0.1, 0.15) is 6.29 Å². The molecule has 0 aliphatic heterocycles. The van der Waals surface area contributed by atoms with Gasteiger partial charge in [-0.3, -0.25) is 4.79 Å². The first-order valence-corrected chi connectivity index (χ1v) is 10.5. The number of thiol groups is 1. The molecule has 0 aromatic rings. The van der Waals surface area contributed by atoms with Crippen LogP contribution >= 0.6 is 12.6 Å². The third-order valence-corrected chi connectivity index (χ3v) is 4.03. The van der Waals surface area contributed by atoms with E-state index < -0.39 is 6.04 Å². The highest BCUT2D eigenvalue weighted by molar-refractivity contribution is 7.80. The topological polar surface area (TPSA) is 46.2 Å². The maximum absolute atomic E-state index is 11.6. The van der Waals surface area contributed by atoms with Crippen molar-refractivity contribution in [3.8, 4) is 0 Å². The molecule has 4 heteroatoms. The number of nitrogens with one attached hydrogen (secondary N) is 1. The summed E-state index contributed by atoms with van der Waals surface area (Å²) < 4.78 is 0. The van der Waals surface area contributed by atoms with E-state index in [-0.39, 0.29) is 5.91 Å². The van der Waals surface area contributed by atoms with Crippen molar-refractivity contribution < 1.29 is 9.59 Å². The van der Waals surface area contributed by atoms with E-state index >= 15 is 0 Å². The molecule has 27 heavy (non-hydrogen) atoms. The molecule has 3 nitrogen and oxygen atoms in total. The molecule has 1 amide bonds. The predicted octanol–water partition coefficient (Wildman–Crippen LogP) is 5.52. The van der Waals surface area contributed by atoms with Gasteiger partial charge in [-0.2, -0.15) is 12.6 Å². The molecule has 0 fully saturated rings. The van der Waals surface area contributed by atoms with Crippen LogP contribution in [0.3, 0.4) is 0 Å². The fraction of sp³-hybridized carbons (Fsp3) is 0.478. The molecule has 1 atom stereocenters. The van der Waals surface area contributed by atoms with Gasteiger partial charge in [-0.05, 0) is 44.9 Å². The zero-order chi connectivity index (χ0) is 20.0. The monoisotopic (exact) mass is 389 g/mol. The second kappa shape index (κ2) is 20.5. The van der Waals surface area contributed by atoms with Crippen LogP contribution in [0.1, 0.15) is 58.3 Å². The minimum Gasteiger partial charge on any atom is -0.346 e. The standard InChI is InChI=1S/C23H35NO2S/c1-2-3-4-5-6-7-8-9-10-11-12-13-14-15-16-17-18-19-23(26)24-22(20-25)21-27/h3-4,6-7,9-10,12-13,15-16,20,22,27H,2,5,8,11,14,17-19,21H2,1H3,(H,24,26)/b4-3-,7-6-,10-9-,13-12-,16-15-/t22-/m0/s1. The van der Waals surface area contributed by atoms with Crippen molar-refractivity contribution in [1.82, 2.24) is 5.32 Å². The fourth-order valence-corrected chi connectivity index (χ4v) is 2.33. The van der Waals surface area contributed by atoms with Crippen LogP contribution in [-0.4, -0.2) is 24.0 Å². The summed E-state index contributed by atoms with van der Waals surface area (Å²) in [7, 11) is 0. The first-order chi connectivity index (χ1) is 13.2. The lowest BCUT2D eigenvalue weighted by atomic mass is 10.2. The van der Waals surface area contributed by atoms with Gasteiger partial charge in [-0.15, -0.1) is 0 Å². The summed E-state index contributed by atoms with van der Waals surface area (Å²) in [4.78, 5) is 22.2. The molecule has 0 bridgehead atoms. The Kier molecular flexibility index (Phi) is 19.1. The number of allylic oxidation sites excluding steroid dienone is 10. The Bertz CT molecular complexity index is 518. The molecule has 0 aromatic carbocycles. The van der Waals surface area contributed by atoms with Crippen LogP contribution < -0.4 is 5.32 Å². The van der Waals surface area contributed by atoms with E-state index in [1.807, 2.05) is 0 Å². The zero-order valence-corrected chi connectivity index (χ0v) is 17.5. The summed E-state index contributed by atoms with van der Waals surface area (Å²) in [5, 5.41) is 2.64. The largest absolute Gasteiger partial charge is 0.346 e. The summed E-state index contributed by atoms with van der Waals surface area (Å²) >= 11 is 4.00. The Morgan fingerprint density at radius 2 is 1.33 bits per heavy atom. The maximum atomic E-state index is 11.6. The summed E-state index contributed by atoms with van der Waals surface area (Å²) in [5.41, 5.74) is 0. The number of unbranched alkanes of at least 4 members (excludes halogenated alkanes) is 1. The van der Waals surface area contributed by atoms with Gasteiger partial charge in [-0.25, -0.2) is 0 Å². The van der Waals surface area contributed by atoms with Gasteiger partial charge < -0.3 is 10.1 Å². The maximum Gasteiger partial charge on any atom is 0.220 e. The highest BCUT2D eigenvalue weighted by Gasteiger charge is 2.08. The van der Waals surface area contributed by atoms with E-state index in [1.54, 1.807) is 0 Å². The molecule has 0 spiro atoms. The van der Waals surface area contributed by atoms with Crippen molar-refractivity contribution in [3.63, 3.8) is 0 Å². The molecule has 0 saturated carbocycles. The minimum atomic E-state index is -0.477. The van der Waals surface area contributed by atoms with Gasteiger partial charge >= 0.3 is 0 Å². The Morgan fingerprint density at radius 3 is 1.78 bits per heavy atom. The van der Waals surface area contributed by atoms with Crippen LogP contribution in [0.2, 0.25) is 0 Å². The highest BCUT2D eigenvalue weighted by atomic mass is 32.1. The van der Waals surface area contributed by atoms with Crippen molar-refractivity contribution in [2.75, 3.05) is 5.75 Å². The number of aldehydes is 1. The zero-order valence-electron chi connectivity index (χ0n) is 16.6. The van der Waals surface area contributed by atoms with E-state index in [0.717, 1.165) is 51.2 Å². The Balaban J connectivity index is 3.60. The molecule has 0 aromatic heterocycles. The van der Waals surface area contributed by atoms with Gasteiger partial charge in [0.25, 0.3) is 0 Å². The van der Waals surface area contributed by atoms with Crippen LogP contribution in [0.5, 0.6) is 0 Å². The van der Waals surface area contributed by atoms with Gasteiger partial charge in [0, 0.05) is 12.2 Å². The van der Waals surface area contributed by atoms with Crippen LogP contribution in [0, 0.1) is 0 Å². The fourth-order valence-electron chi connectivity index (χ4n) is 2.15. The molecular weight excluding hydrogens is 354 g/mol.